The smallest absolute Gasteiger partial charge is 0.192 e. The predicted molar refractivity (Wildman–Crippen MR) is 87.3 cm³/mol. The van der Waals surface area contributed by atoms with E-state index >= 15 is 0 Å². The van der Waals surface area contributed by atoms with Crippen molar-refractivity contribution >= 4 is 30.9 Å². The molecule has 0 radical (unpaired) electrons. The molecule has 114 valence electrons. The highest BCUT2D eigenvalue weighted by molar-refractivity contribution is 14.1. The molecule has 1 N–H and O–H groups in total. The zero-order valence-corrected chi connectivity index (χ0v) is 15.9. The van der Waals surface area contributed by atoms with E-state index < -0.39 is 14.4 Å². The SMILES string of the molecule is CO[C@H]1O[C@H](CI)[C@@H](O)C[C@@H]1O[Si](C)(C)C(C)(C)C. The minimum Gasteiger partial charge on any atom is -0.409 e. The van der Waals surface area contributed by atoms with E-state index in [1.807, 2.05) is 0 Å². The lowest BCUT2D eigenvalue weighted by Gasteiger charge is -2.44. The Bertz CT molecular complexity index is 293. The molecule has 1 aliphatic rings. The number of halogens is 1. The van der Waals surface area contributed by atoms with Gasteiger partial charge < -0.3 is 19.0 Å². The summed E-state index contributed by atoms with van der Waals surface area (Å²) in [5.74, 6) is 0. The fourth-order valence-corrected chi connectivity index (χ4v) is 3.97. The summed E-state index contributed by atoms with van der Waals surface area (Å²) in [6, 6.07) is 0. The molecule has 4 nitrogen and oxygen atoms in total. The molecule has 1 aliphatic heterocycles. The van der Waals surface area contributed by atoms with E-state index in [2.05, 4.69) is 56.5 Å². The van der Waals surface area contributed by atoms with Crippen molar-refractivity contribution < 1.29 is 19.0 Å². The number of ether oxygens (including phenoxy) is 2. The van der Waals surface area contributed by atoms with E-state index in [1.165, 1.54) is 0 Å². The highest BCUT2D eigenvalue weighted by Crippen LogP contribution is 2.39. The van der Waals surface area contributed by atoms with Crippen LogP contribution in [0.15, 0.2) is 0 Å². The number of aliphatic hydroxyl groups is 1. The van der Waals surface area contributed by atoms with Crippen LogP contribution in [0.2, 0.25) is 18.1 Å². The van der Waals surface area contributed by atoms with Crippen LogP contribution in [0.3, 0.4) is 0 Å². The van der Waals surface area contributed by atoms with Crippen LogP contribution in [0.5, 0.6) is 0 Å². The minimum absolute atomic E-state index is 0.135. The van der Waals surface area contributed by atoms with Crippen molar-refractivity contribution in [2.24, 2.45) is 0 Å². The number of aliphatic hydroxyl groups excluding tert-OH is 1. The fourth-order valence-electron chi connectivity index (χ4n) is 1.86. The molecule has 1 fully saturated rings. The Morgan fingerprint density at radius 2 is 1.95 bits per heavy atom. The van der Waals surface area contributed by atoms with Crippen LogP contribution in [0.1, 0.15) is 27.2 Å². The van der Waals surface area contributed by atoms with Crippen molar-refractivity contribution in [1.82, 2.24) is 0 Å². The largest absolute Gasteiger partial charge is 0.409 e. The molecule has 0 aromatic heterocycles. The Hall–Kier alpha value is 0.787. The molecule has 0 aromatic carbocycles. The molecular weight excluding hydrogens is 375 g/mol. The monoisotopic (exact) mass is 402 g/mol. The molecule has 0 aliphatic carbocycles. The molecule has 19 heavy (non-hydrogen) atoms. The van der Waals surface area contributed by atoms with Crippen molar-refractivity contribution in [2.45, 2.75) is 69.9 Å². The van der Waals surface area contributed by atoms with Gasteiger partial charge in [0.2, 0.25) is 0 Å². The van der Waals surface area contributed by atoms with E-state index in [0.29, 0.717) is 6.42 Å². The summed E-state index contributed by atoms with van der Waals surface area (Å²) in [6.45, 7) is 11.0. The molecule has 1 rings (SSSR count). The second-order valence-corrected chi connectivity index (χ2v) is 12.3. The van der Waals surface area contributed by atoms with Crippen molar-refractivity contribution in [1.29, 1.82) is 0 Å². The third kappa shape index (κ3) is 4.37. The summed E-state index contributed by atoms with van der Waals surface area (Å²) in [5.41, 5.74) is 0. The molecule has 0 saturated carbocycles. The molecule has 1 saturated heterocycles. The second kappa shape index (κ2) is 6.70. The predicted octanol–water partition coefficient (Wildman–Crippen LogP) is 2.93. The van der Waals surface area contributed by atoms with Gasteiger partial charge in [0.25, 0.3) is 0 Å². The molecule has 6 heteroatoms. The molecule has 0 aromatic rings. The number of hydrogen-bond acceptors (Lipinski definition) is 4. The van der Waals surface area contributed by atoms with Gasteiger partial charge in [0, 0.05) is 18.0 Å². The van der Waals surface area contributed by atoms with Gasteiger partial charge in [-0.15, -0.1) is 0 Å². The average Bonchev–Trinajstić information content (AvgIpc) is 2.27. The van der Waals surface area contributed by atoms with E-state index in [-0.39, 0.29) is 23.5 Å². The summed E-state index contributed by atoms with van der Waals surface area (Å²) in [4.78, 5) is 0. The second-order valence-electron chi connectivity index (χ2n) is 6.65. The maximum absolute atomic E-state index is 10.1. The van der Waals surface area contributed by atoms with E-state index in [1.54, 1.807) is 7.11 Å². The number of alkyl halides is 1. The lowest BCUT2D eigenvalue weighted by molar-refractivity contribution is -0.246. The Morgan fingerprint density at radius 1 is 1.37 bits per heavy atom. The molecule has 0 bridgehead atoms. The summed E-state index contributed by atoms with van der Waals surface area (Å²) in [5, 5.41) is 10.2. The van der Waals surface area contributed by atoms with Gasteiger partial charge in [-0.3, -0.25) is 0 Å². The van der Waals surface area contributed by atoms with Gasteiger partial charge in [0.1, 0.15) is 0 Å². The minimum atomic E-state index is -1.89. The summed E-state index contributed by atoms with van der Waals surface area (Å²) < 4.78 is 18.3. The van der Waals surface area contributed by atoms with Gasteiger partial charge in [-0.1, -0.05) is 43.4 Å². The Labute approximate surface area is 131 Å². The number of hydrogen-bond donors (Lipinski definition) is 1. The van der Waals surface area contributed by atoms with Crippen LogP contribution in [-0.4, -0.2) is 49.6 Å². The molecule has 4 atom stereocenters. The zero-order chi connectivity index (χ0) is 14.8. The van der Waals surface area contributed by atoms with Crippen LogP contribution >= 0.6 is 22.6 Å². The highest BCUT2D eigenvalue weighted by atomic mass is 127. The standard InChI is InChI=1S/C13H27IO4Si/c1-13(2,3)19(5,6)18-10-7-9(15)11(8-14)17-12(10)16-4/h9-12,15H,7-8H2,1-6H3/t9-,10-,11+,12-/m0/s1. The summed E-state index contributed by atoms with van der Waals surface area (Å²) in [6.07, 6.45) is -0.612. The normalized spacial score (nSPS) is 33.5. The Morgan fingerprint density at radius 3 is 2.37 bits per heavy atom. The quantitative estimate of drug-likeness (QED) is 0.446. The maximum Gasteiger partial charge on any atom is 0.192 e. The average molecular weight is 402 g/mol. The van der Waals surface area contributed by atoms with E-state index in [9.17, 15) is 5.11 Å². The molecule has 0 unspecified atom stereocenters. The van der Waals surface area contributed by atoms with Gasteiger partial charge >= 0.3 is 0 Å². The van der Waals surface area contributed by atoms with Gasteiger partial charge in [-0.05, 0) is 18.1 Å². The lowest BCUT2D eigenvalue weighted by atomic mass is 10.0. The summed E-state index contributed by atoms with van der Waals surface area (Å²) >= 11 is 2.22. The third-order valence-electron chi connectivity index (χ3n) is 4.15. The third-order valence-corrected chi connectivity index (χ3v) is 9.52. The fraction of sp³-hybridized carbons (Fsp3) is 1.00. The number of rotatable bonds is 4. The van der Waals surface area contributed by atoms with Crippen LogP contribution in [-0.2, 0) is 13.9 Å². The van der Waals surface area contributed by atoms with Crippen LogP contribution < -0.4 is 0 Å². The molecule has 0 amide bonds. The summed E-state index contributed by atoms with van der Waals surface area (Å²) in [7, 11) is -0.252. The first-order valence-electron chi connectivity index (χ1n) is 6.72. The van der Waals surface area contributed by atoms with Gasteiger partial charge in [0.05, 0.1) is 18.3 Å². The molecule has 0 spiro atoms. The van der Waals surface area contributed by atoms with Gasteiger partial charge in [0.15, 0.2) is 14.6 Å². The van der Waals surface area contributed by atoms with Crippen LogP contribution in [0.4, 0.5) is 0 Å². The topological polar surface area (TPSA) is 47.9 Å². The Kier molecular flexibility index (Phi) is 6.29. The lowest BCUT2D eigenvalue weighted by Crippen LogP contribution is -2.54. The molecular formula is C13H27IO4Si. The van der Waals surface area contributed by atoms with Gasteiger partial charge in [-0.2, -0.15) is 0 Å². The first-order chi connectivity index (χ1) is 8.62. The number of methoxy groups -OCH3 is 1. The van der Waals surface area contributed by atoms with Crippen molar-refractivity contribution in [3.8, 4) is 0 Å². The van der Waals surface area contributed by atoms with Crippen molar-refractivity contribution in [3.05, 3.63) is 0 Å². The van der Waals surface area contributed by atoms with Gasteiger partial charge in [-0.25, -0.2) is 0 Å². The van der Waals surface area contributed by atoms with Crippen LogP contribution in [0.25, 0.3) is 0 Å². The Balaban J connectivity index is 2.77. The first kappa shape index (κ1) is 17.8. The highest BCUT2D eigenvalue weighted by Gasteiger charge is 2.44. The van der Waals surface area contributed by atoms with Crippen molar-refractivity contribution in [2.75, 3.05) is 11.5 Å². The first-order valence-corrected chi connectivity index (χ1v) is 11.2. The zero-order valence-electron chi connectivity index (χ0n) is 12.8. The van der Waals surface area contributed by atoms with Crippen LogP contribution in [0, 0.1) is 0 Å². The van der Waals surface area contributed by atoms with E-state index in [4.69, 9.17) is 13.9 Å². The maximum atomic E-state index is 10.1. The molecule has 1 heterocycles. The van der Waals surface area contributed by atoms with Crippen molar-refractivity contribution in [3.63, 3.8) is 0 Å². The van der Waals surface area contributed by atoms with E-state index in [0.717, 1.165) is 4.43 Å².